The lowest BCUT2D eigenvalue weighted by Gasteiger charge is -2.14. The Labute approximate surface area is 102 Å². The van der Waals surface area contributed by atoms with Crippen molar-refractivity contribution in [2.45, 2.75) is 27.7 Å². The quantitative estimate of drug-likeness (QED) is 0.547. The smallest absolute Gasteiger partial charge is 0.232 e. The molecule has 1 saturated heterocycles. The van der Waals surface area contributed by atoms with Crippen LogP contribution in [-0.2, 0) is 9.59 Å². The van der Waals surface area contributed by atoms with E-state index in [0.717, 1.165) is 11.5 Å². The number of carbonyl (C=O) groups excluding carboxylic acids is 2. The van der Waals surface area contributed by atoms with E-state index in [1.807, 2.05) is 25.6 Å². The summed E-state index contributed by atoms with van der Waals surface area (Å²) in [6.45, 7) is 8.59. The molecule has 4 heteroatoms. The average molecular weight is 243 g/mol. The van der Waals surface area contributed by atoms with Gasteiger partial charge in [-0.3, -0.25) is 14.5 Å². The molecule has 0 saturated carbocycles. The van der Waals surface area contributed by atoms with Crippen LogP contribution in [0.2, 0.25) is 0 Å². The predicted molar refractivity (Wildman–Crippen MR) is 67.2 cm³/mol. The molecule has 0 aromatic carbocycles. The lowest BCUT2D eigenvalue weighted by Crippen LogP contribution is -2.33. The molecule has 0 bridgehead atoms. The molecular weight excluding hydrogens is 222 g/mol. The number of thioether (sulfide) groups is 1. The van der Waals surface area contributed by atoms with Crippen molar-refractivity contribution in [1.29, 1.82) is 0 Å². The first-order valence-corrected chi connectivity index (χ1v) is 7.03. The van der Waals surface area contributed by atoms with E-state index in [2.05, 4.69) is 13.8 Å². The van der Waals surface area contributed by atoms with Crippen molar-refractivity contribution < 1.29 is 9.59 Å². The summed E-state index contributed by atoms with van der Waals surface area (Å²) in [5.74, 6) is 2.33. The third-order valence-electron chi connectivity index (χ3n) is 2.97. The highest BCUT2D eigenvalue weighted by molar-refractivity contribution is 7.99. The molecule has 1 fully saturated rings. The molecule has 0 aromatic rings. The maximum atomic E-state index is 11.8. The van der Waals surface area contributed by atoms with Crippen molar-refractivity contribution in [1.82, 2.24) is 4.90 Å². The molecule has 1 rings (SSSR count). The number of carbonyl (C=O) groups is 2. The normalized spacial score (nSPS) is 25.9. The van der Waals surface area contributed by atoms with Crippen LogP contribution in [0.1, 0.15) is 27.7 Å². The summed E-state index contributed by atoms with van der Waals surface area (Å²) in [4.78, 5) is 24.9. The standard InChI is InChI=1S/C12H21NO2S/c1-8(2)7-16-6-5-13-11(14)9(3)10(4)12(13)15/h8-10H,5-7H2,1-4H3/t9-,10+. The lowest BCUT2D eigenvalue weighted by atomic mass is 10.00. The highest BCUT2D eigenvalue weighted by atomic mass is 32.2. The molecule has 0 N–H and O–H groups in total. The van der Waals surface area contributed by atoms with E-state index >= 15 is 0 Å². The number of nitrogens with zero attached hydrogens (tertiary/aromatic N) is 1. The van der Waals surface area contributed by atoms with Gasteiger partial charge in [0.1, 0.15) is 0 Å². The minimum atomic E-state index is -0.136. The van der Waals surface area contributed by atoms with Gasteiger partial charge in [0.05, 0.1) is 0 Å². The Bertz CT molecular complexity index is 258. The van der Waals surface area contributed by atoms with Crippen LogP contribution in [0.4, 0.5) is 0 Å². The fraction of sp³-hybridized carbons (Fsp3) is 0.833. The van der Waals surface area contributed by atoms with E-state index in [4.69, 9.17) is 0 Å². The first-order chi connectivity index (χ1) is 7.45. The molecule has 1 aliphatic heterocycles. The lowest BCUT2D eigenvalue weighted by molar-refractivity contribution is -0.139. The van der Waals surface area contributed by atoms with E-state index in [-0.39, 0.29) is 23.7 Å². The van der Waals surface area contributed by atoms with E-state index in [1.54, 1.807) is 0 Å². The summed E-state index contributed by atoms with van der Waals surface area (Å²) in [6, 6.07) is 0. The van der Waals surface area contributed by atoms with Crippen LogP contribution in [0.3, 0.4) is 0 Å². The Morgan fingerprint density at radius 2 is 1.69 bits per heavy atom. The van der Waals surface area contributed by atoms with Crippen LogP contribution >= 0.6 is 11.8 Å². The van der Waals surface area contributed by atoms with Crippen LogP contribution in [0.25, 0.3) is 0 Å². The number of likely N-dealkylation sites (tertiary alicyclic amines) is 1. The van der Waals surface area contributed by atoms with Crippen molar-refractivity contribution in [3.63, 3.8) is 0 Å². The maximum absolute atomic E-state index is 11.8. The summed E-state index contributed by atoms with van der Waals surface area (Å²) in [6.07, 6.45) is 0. The molecule has 2 atom stereocenters. The molecule has 0 aromatic heterocycles. The molecular formula is C12H21NO2S. The number of imide groups is 1. The van der Waals surface area contributed by atoms with Crippen molar-refractivity contribution in [3.8, 4) is 0 Å². The molecule has 0 aliphatic carbocycles. The maximum Gasteiger partial charge on any atom is 0.232 e. The molecule has 3 nitrogen and oxygen atoms in total. The van der Waals surface area contributed by atoms with Crippen LogP contribution < -0.4 is 0 Å². The molecule has 1 aliphatic rings. The van der Waals surface area contributed by atoms with Crippen LogP contribution in [0, 0.1) is 17.8 Å². The van der Waals surface area contributed by atoms with Crippen LogP contribution in [0.5, 0.6) is 0 Å². The summed E-state index contributed by atoms with van der Waals surface area (Å²) in [7, 11) is 0. The van der Waals surface area contributed by atoms with E-state index < -0.39 is 0 Å². The Morgan fingerprint density at radius 1 is 1.19 bits per heavy atom. The number of hydrogen-bond donors (Lipinski definition) is 0. The largest absolute Gasteiger partial charge is 0.281 e. The predicted octanol–water partition coefficient (Wildman–Crippen LogP) is 2.02. The topological polar surface area (TPSA) is 37.4 Å². The van der Waals surface area contributed by atoms with Gasteiger partial charge < -0.3 is 0 Å². The van der Waals surface area contributed by atoms with Crippen molar-refractivity contribution in [2.75, 3.05) is 18.1 Å². The Kier molecular flexibility index (Phi) is 4.84. The first kappa shape index (κ1) is 13.6. The van der Waals surface area contributed by atoms with Crippen molar-refractivity contribution >= 4 is 23.6 Å². The van der Waals surface area contributed by atoms with Gasteiger partial charge in [-0.2, -0.15) is 11.8 Å². The van der Waals surface area contributed by atoms with Gasteiger partial charge in [0, 0.05) is 24.1 Å². The molecule has 0 spiro atoms. The van der Waals surface area contributed by atoms with Gasteiger partial charge in [0.15, 0.2) is 0 Å². The zero-order valence-corrected chi connectivity index (χ0v) is 11.3. The number of amides is 2. The zero-order chi connectivity index (χ0) is 12.3. The van der Waals surface area contributed by atoms with Crippen molar-refractivity contribution in [3.05, 3.63) is 0 Å². The highest BCUT2D eigenvalue weighted by Crippen LogP contribution is 2.25. The molecule has 2 amide bonds. The van der Waals surface area contributed by atoms with Gasteiger partial charge in [-0.25, -0.2) is 0 Å². The summed E-state index contributed by atoms with van der Waals surface area (Å²) in [5, 5.41) is 0. The second-order valence-electron chi connectivity index (χ2n) is 4.87. The van der Waals surface area contributed by atoms with Gasteiger partial charge in [-0.15, -0.1) is 0 Å². The Balaban J connectivity index is 2.37. The summed E-state index contributed by atoms with van der Waals surface area (Å²) < 4.78 is 0. The Morgan fingerprint density at radius 3 is 2.12 bits per heavy atom. The minimum Gasteiger partial charge on any atom is -0.281 e. The van der Waals surface area contributed by atoms with E-state index in [0.29, 0.717) is 12.5 Å². The van der Waals surface area contributed by atoms with Gasteiger partial charge in [-0.1, -0.05) is 27.7 Å². The minimum absolute atomic E-state index is 0.00245. The number of rotatable bonds is 5. The van der Waals surface area contributed by atoms with E-state index in [1.165, 1.54) is 4.90 Å². The second-order valence-corrected chi connectivity index (χ2v) is 6.02. The third kappa shape index (κ3) is 3.00. The summed E-state index contributed by atoms with van der Waals surface area (Å²) in [5.41, 5.74) is 0. The third-order valence-corrected chi connectivity index (χ3v) is 4.35. The molecule has 16 heavy (non-hydrogen) atoms. The van der Waals surface area contributed by atoms with Crippen LogP contribution in [0.15, 0.2) is 0 Å². The molecule has 0 unspecified atom stereocenters. The molecule has 1 heterocycles. The average Bonchev–Trinajstić information content (AvgIpc) is 2.40. The molecule has 0 radical (unpaired) electrons. The van der Waals surface area contributed by atoms with Gasteiger partial charge >= 0.3 is 0 Å². The SMILES string of the molecule is CC(C)CSCCN1C(=O)[C@@H](C)[C@@H](C)C1=O. The monoisotopic (exact) mass is 243 g/mol. The van der Waals surface area contributed by atoms with Crippen LogP contribution in [-0.4, -0.2) is 34.8 Å². The van der Waals surface area contributed by atoms with Gasteiger partial charge in [0.2, 0.25) is 11.8 Å². The van der Waals surface area contributed by atoms with Gasteiger partial charge in [-0.05, 0) is 11.7 Å². The Hall–Kier alpha value is -0.510. The first-order valence-electron chi connectivity index (χ1n) is 5.88. The fourth-order valence-electron chi connectivity index (χ4n) is 1.72. The van der Waals surface area contributed by atoms with E-state index in [9.17, 15) is 9.59 Å². The van der Waals surface area contributed by atoms with Crippen molar-refractivity contribution in [2.24, 2.45) is 17.8 Å². The summed E-state index contributed by atoms with van der Waals surface area (Å²) >= 11 is 1.81. The highest BCUT2D eigenvalue weighted by Gasteiger charge is 2.41. The second kappa shape index (κ2) is 5.71. The molecule has 92 valence electrons. The number of hydrogen-bond acceptors (Lipinski definition) is 3. The zero-order valence-electron chi connectivity index (χ0n) is 10.5. The fourth-order valence-corrected chi connectivity index (χ4v) is 2.67. The van der Waals surface area contributed by atoms with Gasteiger partial charge in [0.25, 0.3) is 0 Å².